The first-order valence-electron chi connectivity index (χ1n) is 1.12. The van der Waals surface area contributed by atoms with Gasteiger partial charge in [-0.15, -0.1) is 33.2 Å². The summed E-state index contributed by atoms with van der Waals surface area (Å²) in [4.78, 5) is 0. The lowest BCUT2D eigenvalue weighted by molar-refractivity contribution is 1.53. The summed E-state index contributed by atoms with van der Waals surface area (Å²) in [6, 6.07) is 0. The predicted molar refractivity (Wildman–Crippen MR) is 40.7 cm³/mol. The zero-order valence-corrected chi connectivity index (χ0v) is 6.88. The highest BCUT2D eigenvalue weighted by atomic mass is 127. The predicted octanol–water partition coefficient (Wildman–Crippen LogP) is 1.66. The Morgan fingerprint density at radius 3 is 1.60 bits per heavy atom. The molecule has 36 valence electrons. The number of hydrogen-bond donors (Lipinski definition) is 1. The molecule has 1 atom stereocenters. The van der Waals surface area contributed by atoms with Crippen LogP contribution in [0.4, 0.5) is 0 Å². The molecule has 0 saturated heterocycles. The molecule has 0 aromatic rings. The smallest absolute Gasteiger partial charge is 0.0410 e. The molecule has 1 nitrogen and oxygen atoms in total. The maximum Gasteiger partial charge on any atom is -0.0410 e. The fraction of sp³-hybridized carbons (Fsp3) is 1.00. The van der Waals surface area contributed by atoms with Crippen molar-refractivity contribution in [2.45, 2.75) is 6.92 Å². The maximum atomic E-state index is 2.58. The maximum absolute atomic E-state index is 2.58. The summed E-state index contributed by atoms with van der Waals surface area (Å²) < 4.78 is 0. The lowest BCUT2D eigenvalue weighted by Crippen LogP contribution is -1.33. The van der Waals surface area contributed by atoms with Gasteiger partial charge in [0.05, 0.1) is 0 Å². The summed E-state index contributed by atoms with van der Waals surface area (Å²) in [7, 11) is 2.58. The number of halogens is 1. The average molecular weight is 207 g/mol. The summed E-state index contributed by atoms with van der Waals surface area (Å²) in [6.07, 6.45) is 1.17. The van der Waals surface area contributed by atoms with Crippen LogP contribution in [0.15, 0.2) is 0 Å². The molecule has 0 aliphatic carbocycles. The van der Waals surface area contributed by atoms with Crippen molar-refractivity contribution in [2.75, 3.05) is 6.16 Å². The van der Waals surface area contributed by atoms with Crippen LogP contribution in [-0.4, -0.2) is 6.16 Å². The Morgan fingerprint density at radius 2 is 1.60 bits per heavy atom. The Bertz CT molecular complexity index is 9.61. The minimum atomic E-state index is 0. The van der Waals surface area contributed by atoms with Gasteiger partial charge in [0.15, 0.2) is 0 Å². The van der Waals surface area contributed by atoms with Crippen LogP contribution in [0.5, 0.6) is 0 Å². The molecule has 0 amide bonds. The van der Waals surface area contributed by atoms with Gasteiger partial charge in [0.1, 0.15) is 0 Å². The zero-order valence-electron chi connectivity index (χ0n) is 3.40. The van der Waals surface area contributed by atoms with Crippen LogP contribution < -0.4 is 6.15 Å². The molecule has 0 rings (SSSR count). The minimum Gasteiger partial charge on any atom is -0.344 e. The largest absolute Gasteiger partial charge is 0.344 e. The molecular formula is C2H11INP. The average Bonchev–Trinajstić information content (AvgIpc) is 0.918. The molecule has 0 aromatic carbocycles. The van der Waals surface area contributed by atoms with Crippen LogP contribution in [-0.2, 0) is 0 Å². The lowest BCUT2D eigenvalue weighted by atomic mass is 11.0. The molecule has 1 unspecified atom stereocenters. The van der Waals surface area contributed by atoms with Crippen molar-refractivity contribution < 1.29 is 0 Å². The van der Waals surface area contributed by atoms with Gasteiger partial charge >= 0.3 is 0 Å². The summed E-state index contributed by atoms with van der Waals surface area (Å²) in [5, 5.41) is 0. The molecule has 5 heavy (non-hydrogen) atoms. The van der Waals surface area contributed by atoms with Gasteiger partial charge in [-0.25, -0.2) is 0 Å². The molecule has 0 aliphatic heterocycles. The normalized spacial score (nSPS) is 3.60. The Labute approximate surface area is 52.7 Å². The quantitative estimate of drug-likeness (QED) is 0.475. The Balaban J connectivity index is -0.0000000200. The standard InChI is InChI=1S/C2H7P.HI.H3N/c1-2-3;;/h2-3H2,1H3;1H;1H3. The molecule has 3 heteroatoms. The van der Waals surface area contributed by atoms with Gasteiger partial charge in [0, 0.05) is 0 Å². The van der Waals surface area contributed by atoms with Gasteiger partial charge in [-0.2, -0.15) is 0 Å². The van der Waals surface area contributed by atoms with Crippen LogP contribution in [0.1, 0.15) is 6.92 Å². The molecule has 0 heterocycles. The number of hydrogen-bond acceptors (Lipinski definition) is 1. The molecule has 0 bridgehead atoms. The van der Waals surface area contributed by atoms with E-state index in [-0.39, 0.29) is 30.1 Å². The summed E-state index contributed by atoms with van der Waals surface area (Å²) >= 11 is 0. The first-order chi connectivity index (χ1) is 1.41. The fourth-order valence-electron chi connectivity index (χ4n) is 0. The lowest BCUT2D eigenvalue weighted by Gasteiger charge is -1.48. The molecule has 0 fully saturated rings. The van der Waals surface area contributed by atoms with Gasteiger partial charge in [0.2, 0.25) is 0 Å². The molecular weight excluding hydrogens is 196 g/mol. The highest BCUT2D eigenvalue weighted by Gasteiger charge is 1.35. The van der Waals surface area contributed by atoms with E-state index in [9.17, 15) is 0 Å². The van der Waals surface area contributed by atoms with E-state index in [0.29, 0.717) is 0 Å². The molecule has 0 aliphatic rings. The van der Waals surface area contributed by atoms with Crippen LogP contribution in [0.2, 0.25) is 0 Å². The van der Waals surface area contributed by atoms with Crippen molar-refractivity contribution in [3.05, 3.63) is 0 Å². The Morgan fingerprint density at radius 1 is 1.60 bits per heavy atom. The van der Waals surface area contributed by atoms with Crippen LogP contribution >= 0.6 is 33.2 Å². The minimum absolute atomic E-state index is 0. The van der Waals surface area contributed by atoms with E-state index < -0.39 is 0 Å². The van der Waals surface area contributed by atoms with Crippen molar-refractivity contribution in [1.82, 2.24) is 6.15 Å². The molecule has 0 aromatic heterocycles. The first kappa shape index (κ1) is 16.5. The van der Waals surface area contributed by atoms with Gasteiger partial charge in [-0.05, 0) is 6.16 Å². The second-order valence-electron chi connectivity index (χ2n) is 0.408. The first-order valence-corrected chi connectivity index (χ1v) is 1.93. The second-order valence-corrected chi connectivity index (χ2v) is 1.22. The van der Waals surface area contributed by atoms with E-state index >= 15 is 0 Å². The number of rotatable bonds is 0. The Kier molecular flexibility index (Phi) is 63.7. The molecule has 0 saturated carbocycles. The highest BCUT2D eigenvalue weighted by molar-refractivity contribution is 14.0. The van der Waals surface area contributed by atoms with Crippen LogP contribution in [0, 0.1) is 0 Å². The molecule has 3 N–H and O–H groups in total. The van der Waals surface area contributed by atoms with E-state index in [1.54, 1.807) is 0 Å². The van der Waals surface area contributed by atoms with Crippen molar-refractivity contribution in [3.8, 4) is 0 Å². The zero-order chi connectivity index (χ0) is 2.71. The van der Waals surface area contributed by atoms with Gasteiger partial charge in [0.25, 0.3) is 0 Å². The van der Waals surface area contributed by atoms with Gasteiger partial charge in [-0.3, -0.25) is 0 Å². The fourth-order valence-corrected chi connectivity index (χ4v) is 0. The van der Waals surface area contributed by atoms with Crippen molar-refractivity contribution in [2.24, 2.45) is 0 Å². The summed E-state index contributed by atoms with van der Waals surface area (Å²) in [5.74, 6) is 0. The van der Waals surface area contributed by atoms with Crippen LogP contribution in [0.25, 0.3) is 0 Å². The second kappa shape index (κ2) is 19.3. The van der Waals surface area contributed by atoms with Crippen molar-refractivity contribution in [3.63, 3.8) is 0 Å². The van der Waals surface area contributed by atoms with E-state index in [1.165, 1.54) is 6.16 Å². The van der Waals surface area contributed by atoms with Crippen LogP contribution in [0.3, 0.4) is 0 Å². The van der Waals surface area contributed by atoms with Crippen molar-refractivity contribution in [1.29, 1.82) is 0 Å². The third kappa shape index (κ3) is 39.7. The molecule has 0 radical (unpaired) electrons. The van der Waals surface area contributed by atoms with E-state index in [0.717, 1.165) is 0 Å². The van der Waals surface area contributed by atoms with E-state index in [1.807, 2.05) is 0 Å². The summed E-state index contributed by atoms with van der Waals surface area (Å²) in [5.41, 5.74) is 0. The third-order valence-electron chi connectivity index (χ3n) is 0. The topological polar surface area (TPSA) is 35.0 Å². The Hall–Kier alpha value is 1.12. The summed E-state index contributed by atoms with van der Waals surface area (Å²) in [6.45, 7) is 2.09. The van der Waals surface area contributed by atoms with E-state index in [2.05, 4.69) is 16.2 Å². The third-order valence-corrected chi connectivity index (χ3v) is 0. The van der Waals surface area contributed by atoms with Gasteiger partial charge in [-0.1, -0.05) is 6.92 Å². The van der Waals surface area contributed by atoms with Crippen molar-refractivity contribution >= 4 is 33.2 Å². The van der Waals surface area contributed by atoms with E-state index in [4.69, 9.17) is 0 Å². The molecule has 0 spiro atoms. The van der Waals surface area contributed by atoms with Gasteiger partial charge < -0.3 is 6.15 Å². The highest BCUT2D eigenvalue weighted by Crippen LogP contribution is 1.68. The monoisotopic (exact) mass is 207 g/mol. The SMILES string of the molecule is CCP.I.N.